The van der Waals surface area contributed by atoms with Gasteiger partial charge in [0, 0.05) is 7.11 Å². The number of aliphatic carboxylic acids is 1. The van der Waals surface area contributed by atoms with Crippen LogP contribution in [0.15, 0.2) is 0 Å². The molecule has 8 heteroatoms. The molecule has 21 heavy (non-hydrogen) atoms. The molecule has 1 amide bonds. The smallest absolute Gasteiger partial charge is 0.407 e. The van der Waals surface area contributed by atoms with Crippen molar-refractivity contribution >= 4 is 12.1 Å². The number of nitrogens with zero attached hydrogens (tertiary/aromatic N) is 1. The van der Waals surface area contributed by atoms with E-state index < -0.39 is 35.0 Å². The Labute approximate surface area is 123 Å². The van der Waals surface area contributed by atoms with Crippen molar-refractivity contribution in [3.05, 3.63) is 0 Å². The van der Waals surface area contributed by atoms with Crippen LogP contribution >= 0.6 is 0 Å². The van der Waals surface area contributed by atoms with Gasteiger partial charge < -0.3 is 24.8 Å². The molecule has 122 valence electrons. The maximum atomic E-state index is 11.9. The van der Waals surface area contributed by atoms with Crippen molar-refractivity contribution in [2.24, 2.45) is 10.8 Å². The molecule has 0 aliphatic carbocycles. The molecule has 3 atom stereocenters. The van der Waals surface area contributed by atoms with Crippen molar-refractivity contribution in [1.82, 2.24) is 4.90 Å². The number of rotatable bonds is 5. The summed E-state index contributed by atoms with van der Waals surface area (Å²) in [6.07, 6.45) is -2.60. The van der Waals surface area contributed by atoms with Crippen LogP contribution in [0.1, 0.15) is 20.8 Å². The van der Waals surface area contributed by atoms with E-state index in [9.17, 15) is 24.9 Å². The second kappa shape index (κ2) is 6.17. The number of methoxy groups -OCH3 is 1. The zero-order valence-electron chi connectivity index (χ0n) is 12.7. The van der Waals surface area contributed by atoms with Gasteiger partial charge in [0.2, 0.25) is 0 Å². The minimum atomic E-state index is -1.65. The number of carbonyl (C=O) groups is 2. The molecule has 1 aliphatic rings. The molecular weight excluding hydrogens is 282 g/mol. The summed E-state index contributed by atoms with van der Waals surface area (Å²) in [5.41, 5.74) is -2.53. The number of aliphatic hydroxyl groups is 1. The van der Waals surface area contributed by atoms with Gasteiger partial charge in [0.15, 0.2) is 0 Å². The average molecular weight is 305 g/mol. The van der Waals surface area contributed by atoms with Crippen molar-refractivity contribution in [2.45, 2.75) is 32.9 Å². The highest BCUT2D eigenvalue weighted by Crippen LogP contribution is 2.50. The van der Waals surface area contributed by atoms with Gasteiger partial charge in [-0.05, 0) is 5.41 Å². The van der Waals surface area contributed by atoms with E-state index in [1.807, 2.05) is 0 Å². The number of amides is 1. The summed E-state index contributed by atoms with van der Waals surface area (Å²) >= 11 is 0. The molecule has 1 heterocycles. The Morgan fingerprint density at radius 3 is 2.29 bits per heavy atom. The monoisotopic (exact) mass is 305 g/mol. The molecule has 0 aromatic carbocycles. The van der Waals surface area contributed by atoms with Crippen molar-refractivity contribution in [2.75, 3.05) is 27.1 Å². The lowest BCUT2D eigenvalue weighted by atomic mass is 9.61. The normalized spacial score (nSPS) is 29.7. The molecule has 0 aromatic rings. The van der Waals surface area contributed by atoms with Gasteiger partial charge in [0.05, 0.1) is 25.3 Å². The number of hydrogen-bond donors (Lipinski definition) is 3. The fraction of sp³-hybridized carbons (Fsp3) is 0.846. The Bertz CT molecular complexity index is 406. The third-order valence-corrected chi connectivity index (χ3v) is 4.11. The largest absolute Gasteiger partial charge is 0.481 e. The van der Waals surface area contributed by atoms with Crippen LogP contribution in [0, 0.1) is 10.8 Å². The molecule has 0 spiro atoms. The summed E-state index contributed by atoms with van der Waals surface area (Å²) in [4.78, 5) is 24.2. The fourth-order valence-electron chi connectivity index (χ4n) is 3.21. The molecule has 0 bridgehead atoms. The van der Waals surface area contributed by atoms with Gasteiger partial charge in [-0.2, -0.15) is 0 Å². The van der Waals surface area contributed by atoms with E-state index in [1.54, 1.807) is 20.8 Å². The Morgan fingerprint density at radius 1 is 1.33 bits per heavy atom. The van der Waals surface area contributed by atoms with Crippen molar-refractivity contribution in [3.8, 4) is 0 Å². The molecule has 2 unspecified atom stereocenters. The van der Waals surface area contributed by atoms with Crippen molar-refractivity contribution in [1.29, 1.82) is 0 Å². The second-order valence-corrected chi connectivity index (χ2v) is 6.17. The van der Waals surface area contributed by atoms with Crippen LogP contribution in [-0.4, -0.2) is 71.5 Å². The average Bonchev–Trinajstić information content (AvgIpc) is 2.63. The van der Waals surface area contributed by atoms with E-state index in [0.29, 0.717) is 0 Å². The number of hydrogen-bond acceptors (Lipinski definition) is 5. The number of carboxylic acids is 1. The zero-order valence-corrected chi connectivity index (χ0v) is 12.7. The highest BCUT2D eigenvalue weighted by molar-refractivity contribution is 5.80. The lowest BCUT2D eigenvalue weighted by Gasteiger charge is -2.44. The van der Waals surface area contributed by atoms with Crippen LogP contribution < -0.4 is 0 Å². The Balaban J connectivity index is 3.27. The first-order valence-corrected chi connectivity index (χ1v) is 6.58. The number of carboxylic acid groups (broad SMARTS) is 2. The Hall–Kier alpha value is -1.38. The van der Waals surface area contributed by atoms with Crippen LogP contribution in [0.3, 0.4) is 0 Å². The molecule has 1 fully saturated rings. The Kier molecular flexibility index (Phi) is 5.19. The first kappa shape index (κ1) is 17.7. The summed E-state index contributed by atoms with van der Waals surface area (Å²) in [5.74, 6) is -1.24. The van der Waals surface area contributed by atoms with Gasteiger partial charge in [0.25, 0.3) is 0 Å². The summed E-state index contributed by atoms with van der Waals surface area (Å²) in [6, 6.07) is -1.00. The highest BCUT2D eigenvalue weighted by Gasteiger charge is 2.66. The van der Waals surface area contributed by atoms with E-state index in [4.69, 9.17) is 9.47 Å². The first-order valence-electron chi connectivity index (χ1n) is 6.58. The maximum absolute atomic E-state index is 11.9. The highest BCUT2D eigenvalue weighted by atomic mass is 16.7. The summed E-state index contributed by atoms with van der Waals surface area (Å²) in [5, 5.41) is 29.3. The van der Waals surface area contributed by atoms with Gasteiger partial charge >= 0.3 is 12.1 Å². The first-order chi connectivity index (χ1) is 9.60. The van der Waals surface area contributed by atoms with Crippen LogP contribution in [0.5, 0.6) is 0 Å². The molecule has 0 radical (unpaired) electrons. The minimum Gasteiger partial charge on any atom is -0.481 e. The van der Waals surface area contributed by atoms with Crippen LogP contribution in [-0.2, 0) is 14.3 Å². The molecule has 1 aliphatic heterocycles. The molecule has 8 nitrogen and oxygen atoms in total. The third kappa shape index (κ3) is 2.83. The quantitative estimate of drug-likeness (QED) is 0.498. The van der Waals surface area contributed by atoms with Crippen LogP contribution in [0.2, 0.25) is 0 Å². The van der Waals surface area contributed by atoms with Crippen LogP contribution in [0.4, 0.5) is 4.79 Å². The van der Waals surface area contributed by atoms with E-state index in [-0.39, 0.29) is 19.9 Å². The lowest BCUT2D eigenvalue weighted by molar-refractivity contribution is -0.171. The van der Waals surface area contributed by atoms with Crippen molar-refractivity contribution in [3.63, 3.8) is 0 Å². The number of aliphatic hydroxyl groups excluding tert-OH is 1. The molecule has 0 saturated carbocycles. The van der Waals surface area contributed by atoms with Gasteiger partial charge in [-0.25, -0.2) is 4.79 Å². The number of β-amino-alcohol motifs (C(OH)–C–C–N with tert-alkyl or cyclic N) is 1. The molecular formula is C13H23NO7. The van der Waals surface area contributed by atoms with Crippen molar-refractivity contribution < 1.29 is 34.4 Å². The number of likely N-dealkylation sites (tertiary alicyclic amines) is 1. The Morgan fingerprint density at radius 2 is 1.90 bits per heavy atom. The summed E-state index contributed by atoms with van der Waals surface area (Å²) in [6.45, 7) is 4.48. The third-order valence-electron chi connectivity index (χ3n) is 4.11. The minimum absolute atomic E-state index is 0.0834. The lowest BCUT2D eigenvalue weighted by Crippen LogP contribution is -2.58. The molecule has 1 saturated heterocycles. The van der Waals surface area contributed by atoms with Gasteiger partial charge in [-0.1, -0.05) is 20.8 Å². The SMILES string of the molecule is COCOC[C@H]1N(C(=O)O)CC(O)C1(C(=O)O)C(C)(C)C. The molecule has 3 N–H and O–H groups in total. The molecule has 0 aromatic heterocycles. The van der Waals surface area contributed by atoms with E-state index in [1.165, 1.54) is 7.11 Å². The predicted molar refractivity (Wildman–Crippen MR) is 71.9 cm³/mol. The van der Waals surface area contributed by atoms with E-state index in [2.05, 4.69) is 0 Å². The maximum Gasteiger partial charge on any atom is 0.407 e. The van der Waals surface area contributed by atoms with Gasteiger partial charge in [-0.3, -0.25) is 9.69 Å². The van der Waals surface area contributed by atoms with E-state index in [0.717, 1.165) is 4.90 Å². The predicted octanol–water partition coefficient (Wildman–Crippen LogP) is 0.447. The van der Waals surface area contributed by atoms with E-state index >= 15 is 0 Å². The van der Waals surface area contributed by atoms with Gasteiger partial charge in [-0.15, -0.1) is 0 Å². The standard InChI is InChI=1S/C13H23NO7/c1-12(2,3)13(10(16)17)8(6-21-7-20-4)14(11(18)19)5-9(13)15/h8-9,15H,5-7H2,1-4H3,(H,16,17)(H,18,19)/t8-,9?,13?/m1/s1. The van der Waals surface area contributed by atoms with Crippen LogP contribution in [0.25, 0.3) is 0 Å². The number of ether oxygens (including phenoxy) is 2. The summed E-state index contributed by atoms with van der Waals surface area (Å²) in [7, 11) is 1.41. The van der Waals surface area contributed by atoms with Gasteiger partial charge in [0.1, 0.15) is 12.2 Å². The summed E-state index contributed by atoms with van der Waals surface area (Å²) < 4.78 is 9.93. The topological polar surface area (TPSA) is 117 Å². The zero-order chi connectivity index (χ0) is 16.4. The molecule has 1 rings (SSSR count). The fourth-order valence-corrected chi connectivity index (χ4v) is 3.21. The second-order valence-electron chi connectivity index (χ2n) is 6.17.